The van der Waals surface area contributed by atoms with E-state index in [2.05, 4.69) is 0 Å². The number of nitrogens with zero attached hydrogens (tertiary/aromatic N) is 2. The molecule has 0 aromatic heterocycles. The van der Waals surface area contributed by atoms with E-state index in [0.717, 1.165) is 0 Å². The molecule has 9 heteroatoms. The molecule has 128 valence electrons. The van der Waals surface area contributed by atoms with Crippen LogP contribution in [0, 0.1) is 0 Å². The SMILES string of the molecule is CN(C)C(=O)COc1ccc(S(=O)(=O)N2CCOCC2)cc1Cl. The van der Waals surface area contributed by atoms with Crippen molar-refractivity contribution in [3.63, 3.8) is 0 Å². The molecule has 0 saturated carbocycles. The summed E-state index contributed by atoms with van der Waals surface area (Å²) in [6.45, 7) is 1.22. The summed E-state index contributed by atoms with van der Waals surface area (Å²) < 4.78 is 36.9. The third kappa shape index (κ3) is 4.35. The number of sulfonamides is 1. The maximum atomic E-state index is 12.5. The summed E-state index contributed by atoms with van der Waals surface area (Å²) in [4.78, 5) is 13.0. The van der Waals surface area contributed by atoms with Crippen molar-refractivity contribution >= 4 is 27.5 Å². The number of morpholine rings is 1. The van der Waals surface area contributed by atoms with Gasteiger partial charge in [-0.2, -0.15) is 4.31 Å². The summed E-state index contributed by atoms with van der Waals surface area (Å²) in [5, 5.41) is 0.144. The van der Waals surface area contributed by atoms with Crippen LogP contribution in [0.3, 0.4) is 0 Å². The molecule has 7 nitrogen and oxygen atoms in total. The normalized spacial score (nSPS) is 16.1. The van der Waals surface area contributed by atoms with Gasteiger partial charge in [-0.3, -0.25) is 4.79 Å². The lowest BCUT2D eigenvalue weighted by atomic mass is 10.3. The van der Waals surface area contributed by atoms with Crippen molar-refractivity contribution in [2.75, 3.05) is 47.0 Å². The maximum absolute atomic E-state index is 12.5. The molecule has 1 fully saturated rings. The molecule has 1 aliphatic rings. The van der Waals surface area contributed by atoms with Gasteiger partial charge >= 0.3 is 0 Å². The molecule has 0 bridgehead atoms. The number of carbonyl (C=O) groups is 1. The first-order valence-electron chi connectivity index (χ1n) is 7.03. The van der Waals surface area contributed by atoms with Crippen LogP contribution in [-0.4, -0.2) is 70.5 Å². The van der Waals surface area contributed by atoms with Crippen LogP contribution < -0.4 is 4.74 Å². The van der Waals surface area contributed by atoms with Crippen LogP contribution in [0.4, 0.5) is 0 Å². The summed E-state index contributed by atoms with van der Waals surface area (Å²) in [6.07, 6.45) is 0. The zero-order valence-electron chi connectivity index (χ0n) is 13.0. The molecule has 1 heterocycles. The third-order valence-electron chi connectivity index (χ3n) is 3.36. The first-order valence-corrected chi connectivity index (χ1v) is 8.84. The van der Waals surface area contributed by atoms with Crippen LogP contribution in [-0.2, 0) is 19.6 Å². The second kappa shape index (κ2) is 7.48. The summed E-state index contributed by atoms with van der Waals surface area (Å²) in [5.41, 5.74) is 0. The Hall–Kier alpha value is -1.35. The number of halogens is 1. The van der Waals surface area contributed by atoms with Crippen molar-refractivity contribution in [2.24, 2.45) is 0 Å². The Labute approximate surface area is 140 Å². The molecular formula is C14H19ClN2O5S. The average Bonchev–Trinajstić information content (AvgIpc) is 2.54. The van der Waals surface area contributed by atoms with Gasteiger partial charge < -0.3 is 14.4 Å². The maximum Gasteiger partial charge on any atom is 0.259 e. The molecule has 1 saturated heterocycles. The lowest BCUT2D eigenvalue weighted by Gasteiger charge is -2.26. The highest BCUT2D eigenvalue weighted by Gasteiger charge is 2.27. The largest absolute Gasteiger partial charge is 0.482 e. The van der Waals surface area contributed by atoms with Gasteiger partial charge in [0.05, 0.1) is 23.1 Å². The minimum Gasteiger partial charge on any atom is -0.482 e. The quantitative estimate of drug-likeness (QED) is 0.775. The minimum atomic E-state index is -3.61. The number of hydrogen-bond acceptors (Lipinski definition) is 5. The number of carbonyl (C=O) groups excluding carboxylic acids is 1. The summed E-state index contributed by atoms with van der Waals surface area (Å²) in [7, 11) is -0.375. The van der Waals surface area contributed by atoms with Gasteiger partial charge in [-0.05, 0) is 18.2 Å². The smallest absolute Gasteiger partial charge is 0.259 e. The van der Waals surface area contributed by atoms with Gasteiger partial charge in [0.25, 0.3) is 5.91 Å². The van der Waals surface area contributed by atoms with Crippen molar-refractivity contribution in [3.05, 3.63) is 23.2 Å². The lowest BCUT2D eigenvalue weighted by Crippen LogP contribution is -2.40. The van der Waals surface area contributed by atoms with Crippen LogP contribution >= 0.6 is 11.6 Å². The highest BCUT2D eigenvalue weighted by atomic mass is 35.5. The second-order valence-corrected chi connectivity index (χ2v) is 7.53. The van der Waals surface area contributed by atoms with E-state index in [4.69, 9.17) is 21.1 Å². The Morgan fingerprint density at radius 2 is 2.00 bits per heavy atom. The molecule has 0 radical (unpaired) electrons. The van der Waals surface area contributed by atoms with E-state index in [1.165, 1.54) is 27.4 Å². The van der Waals surface area contributed by atoms with E-state index in [1.54, 1.807) is 14.1 Å². The van der Waals surface area contributed by atoms with Crippen molar-refractivity contribution in [2.45, 2.75) is 4.90 Å². The van der Waals surface area contributed by atoms with E-state index in [-0.39, 0.29) is 28.2 Å². The molecule has 0 aliphatic carbocycles. The fourth-order valence-corrected chi connectivity index (χ4v) is 3.70. The Bertz CT molecular complexity index is 672. The average molecular weight is 363 g/mol. The molecule has 2 rings (SSSR count). The van der Waals surface area contributed by atoms with E-state index < -0.39 is 10.0 Å². The molecule has 0 N–H and O–H groups in total. The number of hydrogen-bond donors (Lipinski definition) is 0. The molecule has 0 spiro atoms. The van der Waals surface area contributed by atoms with Gasteiger partial charge in [-0.1, -0.05) is 11.6 Å². The van der Waals surface area contributed by atoms with E-state index in [1.807, 2.05) is 0 Å². The fourth-order valence-electron chi connectivity index (χ4n) is 1.96. The summed E-state index contributed by atoms with van der Waals surface area (Å²) in [5.74, 6) is 0.0499. The Morgan fingerprint density at radius 3 is 2.57 bits per heavy atom. The van der Waals surface area contributed by atoms with Gasteiger partial charge in [0.1, 0.15) is 5.75 Å². The fraction of sp³-hybridized carbons (Fsp3) is 0.500. The minimum absolute atomic E-state index is 0.0932. The van der Waals surface area contributed by atoms with Gasteiger partial charge in [0, 0.05) is 27.2 Å². The number of benzene rings is 1. The molecule has 1 aliphatic heterocycles. The van der Waals surface area contributed by atoms with Crippen LogP contribution in [0.15, 0.2) is 23.1 Å². The first-order chi connectivity index (χ1) is 10.8. The van der Waals surface area contributed by atoms with Crippen molar-refractivity contribution in [3.8, 4) is 5.75 Å². The lowest BCUT2D eigenvalue weighted by molar-refractivity contribution is -0.130. The first kappa shape index (κ1) is 18.0. The highest BCUT2D eigenvalue weighted by Crippen LogP contribution is 2.29. The summed E-state index contributed by atoms with van der Waals surface area (Å²) in [6, 6.07) is 4.21. The van der Waals surface area contributed by atoms with Gasteiger partial charge in [0.15, 0.2) is 6.61 Å². The van der Waals surface area contributed by atoms with Crippen LogP contribution in [0.25, 0.3) is 0 Å². The molecule has 23 heavy (non-hydrogen) atoms. The van der Waals surface area contributed by atoms with E-state index in [0.29, 0.717) is 26.3 Å². The summed E-state index contributed by atoms with van der Waals surface area (Å²) >= 11 is 6.08. The number of rotatable bonds is 5. The molecule has 1 aromatic carbocycles. The predicted molar refractivity (Wildman–Crippen MR) is 85.2 cm³/mol. The Morgan fingerprint density at radius 1 is 1.35 bits per heavy atom. The zero-order valence-corrected chi connectivity index (χ0v) is 14.6. The molecule has 0 unspecified atom stereocenters. The van der Waals surface area contributed by atoms with Crippen LogP contribution in [0.1, 0.15) is 0 Å². The predicted octanol–water partition coefficient (Wildman–Crippen LogP) is 0.828. The third-order valence-corrected chi connectivity index (χ3v) is 5.55. The van der Waals surface area contributed by atoms with Crippen molar-refractivity contribution < 1.29 is 22.7 Å². The van der Waals surface area contributed by atoms with Gasteiger partial charge in [0.2, 0.25) is 10.0 Å². The molecule has 0 atom stereocenters. The van der Waals surface area contributed by atoms with Crippen LogP contribution in [0.2, 0.25) is 5.02 Å². The Balaban J connectivity index is 2.13. The molecular weight excluding hydrogens is 344 g/mol. The molecule has 1 aromatic rings. The topological polar surface area (TPSA) is 76.2 Å². The van der Waals surface area contributed by atoms with Gasteiger partial charge in [-0.15, -0.1) is 0 Å². The van der Waals surface area contributed by atoms with Gasteiger partial charge in [-0.25, -0.2) is 8.42 Å². The standard InChI is InChI=1S/C14H19ClN2O5S/c1-16(2)14(18)10-22-13-4-3-11(9-12(13)15)23(19,20)17-5-7-21-8-6-17/h3-4,9H,5-8,10H2,1-2H3. The monoisotopic (exact) mass is 362 g/mol. The van der Waals surface area contributed by atoms with E-state index >= 15 is 0 Å². The van der Waals surface area contributed by atoms with Crippen molar-refractivity contribution in [1.82, 2.24) is 9.21 Å². The number of amides is 1. The van der Waals surface area contributed by atoms with Crippen molar-refractivity contribution in [1.29, 1.82) is 0 Å². The Kier molecular flexibility index (Phi) is 5.85. The number of likely N-dealkylation sites (N-methyl/N-ethyl adjacent to an activating group) is 1. The number of ether oxygens (including phenoxy) is 2. The van der Waals surface area contributed by atoms with E-state index in [9.17, 15) is 13.2 Å². The zero-order chi connectivity index (χ0) is 17.0. The highest BCUT2D eigenvalue weighted by molar-refractivity contribution is 7.89. The second-order valence-electron chi connectivity index (χ2n) is 5.19. The molecule has 1 amide bonds. The van der Waals surface area contributed by atoms with Crippen LogP contribution in [0.5, 0.6) is 5.75 Å².